The number of nitrogens with zero attached hydrogens (tertiary/aromatic N) is 1. The molecule has 14 heavy (non-hydrogen) atoms. The van der Waals surface area contributed by atoms with Crippen molar-refractivity contribution in [2.45, 2.75) is 13.8 Å². The van der Waals surface area contributed by atoms with Crippen molar-refractivity contribution in [3.05, 3.63) is 39.5 Å². The minimum atomic E-state index is 0.610. The van der Waals surface area contributed by atoms with E-state index in [-0.39, 0.29) is 0 Å². The first-order valence-corrected chi connectivity index (χ1v) is 5.06. The van der Waals surface area contributed by atoms with E-state index in [1.165, 1.54) is 0 Å². The van der Waals surface area contributed by atoms with Gasteiger partial charge in [-0.1, -0.05) is 23.2 Å². The summed E-state index contributed by atoms with van der Waals surface area (Å²) in [5.41, 5.74) is 2.95. The monoisotopic (exact) mass is 225 g/mol. The number of hydrogen-bond donors (Lipinski definition) is 0. The number of fused-ring (bicyclic) bond motifs is 1. The summed E-state index contributed by atoms with van der Waals surface area (Å²) in [4.78, 5) is 4.39. The molecular weight excluding hydrogens is 217 g/mol. The summed E-state index contributed by atoms with van der Waals surface area (Å²) in [5.74, 6) is 0. The van der Waals surface area contributed by atoms with Crippen molar-refractivity contribution in [1.82, 2.24) is 4.98 Å². The molecule has 1 aromatic carbocycles. The van der Waals surface area contributed by atoms with Gasteiger partial charge in [0, 0.05) is 16.1 Å². The van der Waals surface area contributed by atoms with Crippen LogP contribution >= 0.6 is 23.2 Å². The molecule has 0 N–H and O–H groups in total. The zero-order valence-electron chi connectivity index (χ0n) is 7.94. The Kier molecular flexibility index (Phi) is 2.38. The molecule has 0 aliphatic heterocycles. The predicted octanol–water partition coefficient (Wildman–Crippen LogP) is 4.16. The first kappa shape index (κ1) is 9.75. The molecule has 0 bridgehead atoms. The maximum Gasteiger partial charge on any atom is 0.0895 e. The van der Waals surface area contributed by atoms with E-state index in [0.717, 1.165) is 22.2 Å². The lowest BCUT2D eigenvalue weighted by Crippen LogP contribution is -1.88. The molecule has 0 amide bonds. The molecule has 3 heteroatoms. The van der Waals surface area contributed by atoms with Gasteiger partial charge >= 0.3 is 0 Å². The van der Waals surface area contributed by atoms with Gasteiger partial charge in [-0.3, -0.25) is 4.98 Å². The second-order valence-electron chi connectivity index (χ2n) is 3.36. The van der Waals surface area contributed by atoms with E-state index < -0.39 is 0 Å². The average Bonchev–Trinajstić information content (AvgIpc) is 2.07. The molecule has 1 aromatic heterocycles. The van der Waals surface area contributed by atoms with Gasteiger partial charge in [0.25, 0.3) is 0 Å². The standard InChI is InChI=1S/C11H9Cl2N/c1-6-3-7(2)14-11-9(6)4-8(12)5-10(11)13/h3-5H,1-2H3. The summed E-state index contributed by atoms with van der Waals surface area (Å²) in [5, 5.41) is 2.28. The molecule has 0 aliphatic rings. The van der Waals surface area contributed by atoms with E-state index in [4.69, 9.17) is 23.2 Å². The highest BCUT2D eigenvalue weighted by molar-refractivity contribution is 6.38. The third-order valence-corrected chi connectivity index (χ3v) is 2.67. The van der Waals surface area contributed by atoms with Crippen LogP contribution in [0.3, 0.4) is 0 Å². The predicted molar refractivity (Wildman–Crippen MR) is 61.2 cm³/mol. The van der Waals surface area contributed by atoms with E-state index in [9.17, 15) is 0 Å². The lowest BCUT2D eigenvalue weighted by Gasteiger charge is -2.05. The number of aromatic nitrogens is 1. The number of benzene rings is 1. The second kappa shape index (κ2) is 3.41. The Morgan fingerprint density at radius 2 is 1.79 bits per heavy atom. The first-order valence-electron chi connectivity index (χ1n) is 4.31. The number of aryl methyl sites for hydroxylation is 2. The maximum absolute atomic E-state index is 6.06. The summed E-state index contributed by atoms with van der Waals surface area (Å²) >= 11 is 12.0. The van der Waals surface area contributed by atoms with Gasteiger partial charge in [-0.05, 0) is 37.6 Å². The Balaban J connectivity index is 2.94. The van der Waals surface area contributed by atoms with E-state index >= 15 is 0 Å². The summed E-state index contributed by atoms with van der Waals surface area (Å²) in [6, 6.07) is 5.64. The quantitative estimate of drug-likeness (QED) is 0.657. The molecular formula is C11H9Cl2N. The van der Waals surface area contributed by atoms with Gasteiger partial charge < -0.3 is 0 Å². The molecule has 0 radical (unpaired) electrons. The van der Waals surface area contributed by atoms with Crippen LogP contribution in [0.1, 0.15) is 11.3 Å². The van der Waals surface area contributed by atoms with Crippen molar-refractivity contribution in [3.8, 4) is 0 Å². The Bertz CT molecular complexity index is 459. The average molecular weight is 226 g/mol. The SMILES string of the molecule is Cc1cc(C)c2cc(Cl)cc(Cl)c2n1. The fraction of sp³-hybridized carbons (Fsp3) is 0.182. The van der Waals surface area contributed by atoms with Crippen molar-refractivity contribution >= 4 is 34.1 Å². The Morgan fingerprint density at radius 3 is 2.50 bits per heavy atom. The molecule has 0 spiro atoms. The van der Waals surface area contributed by atoms with Gasteiger partial charge in [0.15, 0.2) is 0 Å². The largest absolute Gasteiger partial charge is 0.252 e. The Labute approximate surface area is 92.7 Å². The molecule has 2 aromatic rings. The van der Waals surface area contributed by atoms with Gasteiger partial charge in [-0.15, -0.1) is 0 Å². The molecule has 1 heterocycles. The molecule has 1 nitrogen and oxygen atoms in total. The number of rotatable bonds is 0. The lowest BCUT2D eigenvalue weighted by molar-refractivity contribution is 1.23. The summed E-state index contributed by atoms with van der Waals surface area (Å²) < 4.78 is 0. The van der Waals surface area contributed by atoms with Crippen LogP contribution in [-0.4, -0.2) is 4.98 Å². The highest BCUT2D eigenvalue weighted by Crippen LogP contribution is 2.28. The molecule has 72 valence electrons. The van der Waals surface area contributed by atoms with Crippen LogP contribution in [0.2, 0.25) is 10.0 Å². The third-order valence-electron chi connectivity index (χ3n) is 2.17. The van der Waals surface area contributed by atoms with E-state index in [0.29, 0.717) is 10.0 Å². The van der Waals surface area contributed by atoms with Crippen molar-refractivity contribution in [3.63, 3.8) is 0 Å². The Hall–Kier alpha value is -0.790. The highest BCUT2D eigenvalue weighted by Gasteiger charge is 2.05. The van der Waals surface area contributed by atoms with Gasteiger partial charge in [0.05, 0.1) is 10.5 Å². The Morgan fingerprint density at radius 1 is 1.07 bits per heavy atom. The van der Waals surface area contributed by atoms with E-state index in [1.807, 2.05) is 26.0 Å². The van der Waals surface area contributed by atoms with E-state index in [2.05, 4.69) is 4.98 Å². The number of halogens is 2. The molecule has 2 rings (SSSR count). The van der Waals surface area contributed by atoms with Gasteiger partial charge in [-0.2, -0.15) is 0 Å². The van der Waals surface area contributed by atoms with Gasteiger partial charge in [0.1, 0.15) is 0 Å². The molecule has 0 aliphatic carbocycles. The minimum absolute atomic E-state index is 0.610. The van der Waals surface area contributed by atoms with Gasteiger partial charge in [0.2, 0.25) is 0 Å². The number of pyridine rings is 1. The van der Waals surface area contributed by atoms with Crippen LogP contribution in [0.15, 0.2) is 18.2 Å². The molecule has 0 saturated carbocycles. The van der Waals surface area contributed by atoms with Crippen LogP contribution in [0.25, 0.3) is 10.9 Å². The van der Waals surface area contributed by atoms with Crippen molar-refractivity contribution < 1.29 is 0 Å². The number of hydrogen-bond acceptors (Lipinski definition) is 1. The van der Waals surface area contributed by atoms with Crippen LogP contribution in [0.5, 0.6) is 0 Å². The zero-order valence-corrected chi connectivity index (χ0v) is 9.45. The molecule has 0 saturated heterocycles. The van der Waals surface area contributed by atoms with Crippen LogP contribution in [0, 0.1) is 13.8 Å². The van der Waals surface area contributed by atoms with Crippen molar-refractivity contribution in [2.24, 2.45) is 0 Å². The molecule has 0 unspecified atom stereocenters. The second-order valence-corrected chi connectivity index (χ2v) is 4.21. The first-order chi connectivity index (χ1) is 6.58. The van der Waals surface area contributed by atoms with Crippen molar-refractivity contribution in [1.29, 1.82) is 0 Å². The summed E-state index contributed by atoms with van der Waals surface area (Å²) in [7, 11) is 0. The third kappa shape index (κ3) is 1.58. The van der Waals surface area contributed by atoms with Crippen LogP contribution in [-0.2, 0) is 0 Å². The summed E-state index contributed by atoms with van der Waals surface area (Å²) in [6.07, 6.45) is 0. The topological polar surface area (TPSA) is 12.9 Å². The van der Waals surface area contributed by atoms with Crippen molar-refractivity contribution in [2.75, 3.05) is 0 Å². The zero-order chi connectivity index (χ0) is 10.3. The minimum Gasteiger partial charge on any atom is -0.252 e. The maximum atomic E-state index is 6.06. The molecule has 0 atom stereocenters. The van der Waals surface area contributed by atoms with Crippen LogP contribution < -0.4 is 0 Å². The fourth-order valence-corrected chi connectivity index (χ4v) is 2.12. The van der Waals surface area contributed by atoms with Gasteiger partial charge in [-0.25, -0.2) is 0 Å². The lowest BCUT2D eigenvalue weighted by atomic mass is 10.1. The smallest absolute Gasteiger partial charge is 0.0895 e. The summed E-state index contributed by atoms with van der Waals surface area (Å²) in [6.45, 7) is 3.99. The van der Waals surface area contributed by atoms with Crippen LogP contribution in [0.4, 0.5) is 0 Å². The molecule has 0 fully saturated rings. The highest BCUT2D eigenvalue weighted by atomic mass is 35.5. The fourth-order valence-electron chi connectivity index (χ4n) is 1.58. The normalized spacial score (nSPS) is 10.9. The van der Waals surface area contributed by atoms with E-state index in [1.54, 1.807) is 6.07 Å².